The molecule has 0 atom stereocenters. The van der Waals surface area contributed by atoms with Gasteiger partial charge in [0.2, 0.25) is 0 Å². The summed E-state index contributed by atoms with van der Waals surface area (Å²) in [6.07, 6.45) is 0. The predicted molar refractivity (Wildman–Crippen MR) is 35.6 cm³/mol. The Morgan fingerprint density at radius 3 is 1.55 bits per heavy atom. The van der Waals surface area contributed by atoms with Gasteiger partial charge in [0.05, 0.1) is 0 Å². The van der Waals surface area contributed by atoms with Crippen LogP contribution in [0.1, 0.15) is 0 Å². The zero-order valence-corrected chi connectivity index (χ0v) is 5.75. The lowest BCUT2D eigenvalue weighted by Gasteiger charge is -2.33. The van der Waals surface area contributed by atoms with Crippen molar-refractivity contribution in [3.8, 4) is 0 Å². The van der Waals surface area contributed by atoms with Crippen molar-refractivity contribution in [1.82, 2.24) is 26.4 Å². The van der Waals surface area contributed by atoms with Crippen molar-refractivity contribution >= 4 is 0 Å². The predicted octanol–water partition coefficient (Wildman–Crippen LogP) is -5.31. The van der Waals surface area contributed by atoms with Gasteiger partial charge < -0.3 is 0 Å². The van der Waals surface area contributed by atoms with Crippen molar-refractivity contribution in [3.63, 3.8) is 0 Å². The molecule has 0 saturated heterocycles. The number of nitrogens with two attached hydrogens (primary N) is 6. The maximum absolute atomic E-state index is 5.16. The largest absolute Gasteiger partial charge is 0.255 e. The van der Waals surface area contributed by atoms with Gasteiger partial charge in [0.15, 0.2) is 0 Å². The summed E-state index contributed by atoms with van der Waals surface area (Å²) in [6, 6.07) is 0. The van der Waals surface area contributed by atoms with E-state index in [4.69, 9.17) is 35.1 Å². The summed E-state index contributed by atoms with van der Waals surface area (Å²) in [6.45, 7) is 0. The molecule has 0 radical (unpaired) electrons. The van der Waals surface area contributed by atoms with Crippen LogP contribution in [0.15, 0.2) is 0 Å². The second-order valence-electron chi connectivity index (χ2n) is 1.49. The number of rotatable bonds is 4. The monoisotopic (exact) mass is 167 g/mol. The lowest BCUT2D eigenvalue weighted by atomic mass is 11.8. The average molecular weight is 167 g/mol. The highest BCUT2D eigenvalue weighted by Gasteiger charge is 2.14. The fourth-order valence-corrected chi connectivity index (χ4v) is 0.264. The van der Waals surface area contributed by atoms with Gasteiger partial charge in [-0.05, 0) is 10.5 Å². The van der Waals surface area contributed by atoms with Gasteiger partial charge in [-0.15, -0.1) is 0 Å². The SMILES string of the molecule is NNN(N)N(N)N(N)N(N)N. The highest BCUT2D eigenvalue weighted by atomic mass is 16.2. The molecule has 0 aliphatic heterocycles. The maximum Gasteiger partial charge on any atom is -0.0478 e. The second kappa shape index (κ2) is 4.44. The Morgan fingerprint density at radius 1 is 0.818 bits per heavy atom. The van der Waals surface area contributed by atoms with Crippen molar-refractivity contribution in [2.45, 2.75) is 0 Å². The van der Waals surface area contributed by atoms with Gasteiger partial charge >= 0.3 is 0 Å². The van der Waals surface area contributed by atoms with E-state index in [-0.39, 0.29) is 0 Å². The van der Waals surface area contributed by atoms with Crippen LogP contribution < -0.4 is 40.6 Å². The van der Waals surface area contributed by atoms with Crippen molar-refractivity contribution in [2.75, 3.05) is 0 Å². The number of hydrazine groups is 10. The minimum atomic E-state index is 0.497. The Labute approximate surface area is 62.7 Å². The van der Waals surface area contributed by atoms with Crippen LogP contribution in [0, 0.1) is 0 Å². The molecule has 11 heavy (non-hydrogen) atoms. The van der Waals surface area contributed by atoms with E-state index in [0.29, 0.717) is 20.9 Å². The number of hydrogen-bond donors (Lipinski definition) is 7. The third-order valence-electron chi connectivity index (χ3n) is 0.800. The van der Waals surface area contributed by atoms with Gasteiger partial charge in [-0.1, -0.05) is 10.5 Å². The van der Waals surface area contributed by atoms with Crippen molar-refractivity contribution < 1.29 is 0 Å². The molecule has 68 valence electrons. The third-order valence-corrected chi connectivity index (χ3v) is 0.800. The fourth-order valence-electron chi connectivity index (χ4n) is 0.264. The second-order valence-corrected chi connectivity index (χ2v) is 1.49. The molecule has 0 amide bonds. The van der Waals surface area contributed by atoms with Gasteiger partial charge in [-0.3, -0.25) is 5.84 Å². The minimum absolute atomic E-state index is 0.497. The molecule has 13 N–H and O–H groups in total. The summed E-state index contributed by atoms with van der Waals surface area (Å²) in [7, 11) is 0. The summed E-state index contributed by atoms with van der Waals surface area (Å²) in [5, 5.41) is 2.36. The molecular weight excluding hydrogens is 154 g/mol. The van der Waals surface area contributed by atoms with E-state index >= 15 is 0 Å². The Hall–Kier alpha value is -0.440. The van der Waals surface area contributed by atoms with Crippen molar-refractivity contribution in [3.05, 3.63) is 0 Å². The van der Waals surface area contributed by atoms with Gasteiger partial charge in [-0.25, -0.2) is 29.2 Å². The first kappa shape index (κ1) is 10.6. The molecule has 0 saturated carbocycles. The first-order valence-corrected chi connectivity index (χ1v) is 2.40. The maximum atomic E-state index is 5.16. The lowest BCUT2D eigenvalue weighted by molar-refractivity contribution is -0.306. The van der Waals surface area contributed by atoms with Crippen molar-refractivity contribution in [1.29, 1.82) is 0 Å². The molecule has 0 rings (SSSR count). The van der Waals surface area contributed by atoms with Crippen LogP contribution in [-0.2, 0) is 0 Å². The Morgan fingerprint density at radius 2 is 1.27 bits per heavy atom. The van der Waals surface area contributed by atoms with Crippen LogP contribution >= 0.6 is 0 Å². The summed E-state index contributed by atoms with van der Waals surface area (Å²) in [5.41, 5.74) is 1.95. The van der Waals surface area contributed by atoms with E-state index in [1.54, 1.807) is 0 Å². The summed E-state index contributed by atoms with van der Waals surface area (Å²) in [5.74, 6) is 30.2. The zero-order valence-electron chi connectivity index (χ0n) is 5.75. The summed E-state index contributed by atoms with van der Waals surface area (Å²) < 4.78 is 0. The molecule has 0 aromatic carbocycles. The van der Waals surface area contributed by atoms with E-state index in [1.165, 1.54) is 0 Å². The van der Waals surface area contributed by atoms with Crippen LogP contribution in [0.2, 0.25) is 0 Å². The Balaban J connectivity index is 3.90. The molecule has 0 aromatic rings. The molecule has 0 bridgehead atoms. The summed E-state index contributed by atoms with van der Waals surface area (Å²) >= 11 is 0. The van der Waals surface area contributed by atoms with Crippen LogP contribution in [-0.4, -0.2) is 20.9 Å². The molecule has 0 spiro atoms. The van der Waals surface area contributed by atoms with Gasteiger partial charge in [-0.2, -0.15) is 5.53 Å². The first-order valence-electron chi connectivity index (χ1n) is 2.40. The van der Waals surface area contributed by atoms with Crippen LogP contribution in [0.25, 0.3) is 0 Å². The quantitative estimate of drug-likeness (QED) is 0.157. The Bertz CT molecular complexity index is 94.2. The number of hydrogen-bond acceptors (Lipinski definition) is 11. The van der Waals surface area contributed by atoms with Gasteiger partial charge in [0.25, 0.3) is 0 Å². The van der Waals surface area contributed by atoms with Crippen LogP contribution in [0.4, 0.5) is 0 Å². The standard InChI is InChI=1S/H13N11/c1-7-9(4)11(6)10(5)8(2)3/h7H,1-6H2. The first-order chi connectivity index (χ1) is 5.00. The third kappa shape index (κ3) is 2.97. The van der Waals surface area contributed by atoms with Gasteiger partial charge in [0, 0.05) is 0 Å². The molecular formula is H13N11. The van der Waals surface area contributed by atoms with Crippen LogP contribution in [0.3, 0.4) is 0 Å². The lowest BCUT2D eigenvalue weighted by Crippen LogP contribution is -2.74. The highest BCUT2D eigenvalue weighted by molar-refractivity contribution is 4.19. The van der Waals surface area contributed by atoms with Gasteiger partial charge in [0.1, 0.15) is 0 Å². The summed E-state index contributed by atoms with van der Waals surface area (Å²) in [4.78, 5) is 0. The minimum Gasteiger partial charge on any atom is -0.255 e. The Kier molecular flexibility index (Phi) is 4.26. The van der Waals surface area contributed by atoms with E-state index in [0.717, 1.165) is 0 Å². The number of nitrogens with one attached hydrogen (secondary N) is 1. The normalized spacial score (nSPS) is 12.5. The highest BCUT2D eigenvalue weighted by Crippen LogP contribution is 1.79. The van der Waals surface area contributed by atoms with E-state index < -0.39 is 0 Å². The molecule has 11 nitrogen and oxygen atoms in total. The molecule has 0 unspecified atom stereocenters. The van der Waals surface area contributed by atoms with E-state index in [2.05, 4.69) is 0 Å². The molecule has 0 fully saturated rings. The molecule has 0 aliphatic rings. The van der Waals surface area contributed by atoms with E-state index in [1.807, 2.05) is 5.53 Å². The molecule has 0 aliphatic carbocycles. The van der Waals surface area contributed by atoms with Crippen LogP contribution in [0.5, 0.6) is 0 Å². The zero-order chi connectivity index (χ0) is 9.02. The number of nitrogens with zero attached hydrogens (tertiary/aromatic N) is 4. The average Bonchev–Trinajstić information content (AvgIpc) is 2.00. The smallest absolute Gasteiger partial charge is 0.0478 e. The topological polar surface area (TPSA) is 181 Å². The van der Waals surface area contributed by atoms with Crippen molar-refractivity contribution in [2.24, 2.45) is 35.1 Å². The molecule has 0 heterocycles. The molecule has 11 heteroatoms. The fraction of sp³-hybridized carbons (Fsp3) is 0. The molecule has 0 aromatic heterocycles. The van der Waals surface area contributed by atoms with E-state index in [9.17, 15) is 0 Å².